The summed E-state index contributed by atoms with van der Waals surface area (Å²) in [6, 6.07) is 1.76. The molecular weight excluding hydrogens is 190 g/mol. The number of nitrogen functional groups attached to an aromatic ring is 1. The molecule has 2 N–H and O–H groups in total. The molecule has 5 nitrogen and oxygen atoms in total. The first-order valence-corrected chi connectivity index (χ1v) is 4.46. The van der Waals surface area contributed by atoms with Crippen LogP contribution in [0.3, 0.4) is 0 Å². The summed E-state index contributed by atoms with van der Waals surface area (Å²) in [4.78, 5) is 16.8. The van der Waals surface area contributed by atoms with Gasteiger partial charge in [0.1, 0.15) is 16.6 Å². The van der Waals surface area contributed by atoms with Crippen LogP contribution in [0.15, 0.2) is 30.9 Å². The Kier molecular flexibility index (Phi) is 1.53. The van der Waals surface area contributed by atoms with Gasteiger partial charge >= 0.3 is 0 Å². The van der Waals surface area contributed by atoms with Crippen LogP contribution in [0.1, 0.15) is 0 Å². The molecule has 0 radical (unpaired) electrons. The lowest BCUT2D eigenvalue weighted by molar-refractivity contribution is 1.26. The quantitative estimate of drug-likeness (QED) is 0.432. The average Bonchev–Trinajstić information content (AvgIpc) is 2.30. The maximum Gasteiger partial charge on any atom is 0.119 e. The topological polar surface area (TPSA) is 77.6 Å². The van der Waals surface area contributed by atoms with Crippen LogP contribution in [-0.4, -0.2) is 19.9 Å². The summed E-state index contributed by atoms with van der Waals surface area (Å²) in [5, 5.41) is 0. The standard InChI is InChI=1S/C10H7N5/c11-6-5-7-9(14-2-1-12-7)10-8(6)13-3-4-15-10/h1-5H,11H2. The largest absolute Gasteiger partial charge is 0.397 e. The zero-order chi connectivity index (χ0) is 10.3. The van der Waals surface area contributed by atoms with Crippen molar-refractivity contribution in [1.82, 2.24) is 19.9 Å². The number of aromatic nitrogens is 4. The number of benzene rings is 1. The maximum atomic E-state index is 5.85. The zero-order valence-electron chi connectivity index (χ0n) is 7.75. The van der Waals surface area contributed by atoms with Crippen LogP contribution in [0.25, 0.3) is 22.1 Å². The lowest BCUT2D eigenvalue weighted by Crippen LogP contribution is -1.94. The Balaban J connectivity index is 2.64. The van der Waals surface area contributed by atoms with Gasteiger partial charge in [-0.25, -0.2) is 0 Å². The van der Waals surface area contributed by atoms with Crippen LogP contribution in [0, 0.1) is 0 Å². The summed E-state index contributed by atoms with van der Waals surface area (Å²) in [6.45, 7) is 0. The fourth-order valence-corrected chi connectivity index (χ4v) is 1.58. The van der Waals surface area contributed by atoms with Gasteiger partial charge in [0.15, 0.2) is 0 Å². The SMILES string of the molecule is Nc1cc2nccnc2c2nccnc12. The number of rotatable bonds is 0. The minimum Gasteiger partial charge on any atom is -0.397 e. The minimum absolute atomic E-state index is 0.575. The normalized spacial score (nSPS) is 10.9. The van der Waals surface area contributed by atoms with E-state index in [9.17, 15) is 0 Å². The second-order valence-electron chi connectivity index (χ2n) is 3.14. The Labute approximate surface area is 85.0 Å². The van der Waals surface area contributed by atoms with Crippen LogP contribution in [-0.2, 0) is 0 Å². The van der Waals surface area contributed by atoms with Gasteiger partial charge < -0.3 is 5.73 Å². The third-order valence-electron chi connectivity index (χ3n) is 2.21. The number of nitrogens with two attached hydrogens (primary N) is 1. The molecular formula is C10H7N5. The van der Waals surface area contributed by atoms with Gasteiger partial charge in [0.05, 0.1) is 11.2 Å². The summed E-state index contributed by atoms with van der Waals surface area (Å²) in [6.07, 6.45) is 6.49. The van der Waals surface area contributed by atoms with Crippen molar-refractivity contribution in [3.05, 3.63) is 30.9 Å². The maximum absolute atomic E-state index is 5.85. The molecule has 0 amide bonds. The highest BCUT2D eigenvalue weighted by Crippen LogP contribution is 2.23. The molecule has 72 valence electrons. The highest BCUT2D eigenvalue weighted by Gasteiger charge is 2.07. The van der Waals surface area contributed by atoms with Crippen LogP contribution >= 0.6 is 0 Å². The van der Waals surface area contributed by atoms with E-state index >= 15 is 0 Å². The van der Waals surface area contributed by atoms with Crippen molar-refractivity contribution in [1.29, 1.82) is 0 Å². The molecule has 0 saturated carbocycles. The lowest BCUT2D eigenvalue weighted by atomic mass is 10.2. The van der Waals surface area contributed by atoms with E-state index in [0.717, 1.165) is 11.0 Å². The van der Waals surface area contributed by atoms with E-state index < -0.39 is 0 Å². The van der Waals surface area contributed by atoms with Crippen molar-refractivity contribution in [2.75, 3.05) is 5.73 Å². The number of nitrogens with zero attached hydrogens (tertiary/aromatic N) is 4. The molecule has 1 aromatic carbocycles. The molecule has 3 aromatic rings. The predicted octanol–water partition coefficient (Wildman–Crippen LogP) is 1.16. The van der Waals surface area contributed by atoms with E-state index in [-0.39, 0.29) is 0 Å². The van der Waals surface area contributed by atoms with Gasteiger partial charge in [-0.05, 0) is 6.07 Å². The first kappa shape index (κ1) is 8.05. The summed E-state index contributed by atoms with van der Waals surface area (Å²) in [5.74, 6) is 0. The second-order valence-corrected chi connectivity index (χ2v) is 3.14. The first-order valence-electron chi connectivity index (χ1n) is 4.46. The Bertz CT molecular complexity index is 649. The lowest BCUT2D eigenvalue weighted by Gasteiger charge is -2.02. The molecule has 0 aliphatic rings. The fourth-order valence-electron chi connectivity index (χ4n) is 1.58. The predicted molar refractivity (Wildman–Crippen MR) is 57.0 cm³/mol. The van der Waals surface area contributed by atoms with Crippen LogP contribution in [0.4, 0.5) is 5.69 Å². The summed E-state index contributed by atoms with van der Waals surface area (Å²) in [7, 11) is 0. The number of anilines is 1. The van der Waals surface area contributed by atoms with Crippen LogP contribution in [0.5, 0.6) is 0 Å². The molecule has 5 heteroatoms. The fraction of sp³-hybridized carbons (Fsp3) is 0. The highest BCUT2D eigenvalue weighted by atomic mass is 14.8. The molecule has 0 aliphatic heterocycles. The van der Waals surface area contributed by atoms with Crippen molar-refractivity contribution >= 4 is 27.8 Å². The Morgan fingerprint density at radius 3 is 2.13 bits per heavy atom. The molecule has 0 bridgehead atoms. The third kappa shape index (κ3) is 1.10. The highest BCUT2D eigenvalue weighted by molar-refractivity contribution is 6.05. The molecule has 0 saturated heterocycles. The van der Waals surface area contributed by atoms with E-state index in [1.807, 2.05) is 0 Å². The minimum atomic E-state index is 0.575. The van der Waals surface area contributed by atoms with E-state index in [0.29, 0.717) is 16.7 Å². The molecule has 0 aliphatic carbocycles. The first-order chi connectivity index (χ1) is 7.36. The van der Waals surface area contributed by atoms with E-state index in [1.165, 1.54) is 0 Å². The third-order valence-corrected chi connectivity index (χ3v) is 2.21. The zero-order valence-corrected chi connectivity index (χ0v) is 7.75. The van der Waals surface area contributed by atoms with Crippen molar-refractivity contribution < 1.29 is 0 Å². The van der Waals surface area contributed by atoms with Crippen molar-refractivity contribution in [3.8, 4) is 0 Å². The smallest absolute Gasteiger partial charge is 0.119 e. The Hall–Kier alpha value is -2.30. The summed E-state index contributed by atoms with van der Waals surface area (Å²) in [5.41, 5.74) is 9.26. The summed E-state index contributed by atoms with van der Waals surface area (Å²) >= 11 is 0. The van der Waals surface area contributed by atoms with Gasteiger partial charge in [-0.1, -0.05) is 0 Å². The van der Waals surface area contributed by atoms with E-state index in [2.05, 4.69) is 19.9 Å². The molecule has 0 spiro atoms. The molecule has 2 heterocycles. The second kappa shape index (κ2) is 2.84. The van der Waals surface area contributed by atoms with Crippen LogP contribution in [0.2, 0.25) is 0 Å². The van der Waals surface area contributed by atoms with E-state index in [1.54, 1.807) is 30.9 Å². The molecule has 2 aromatic heterocycles. The Morgan fingerprint density at radius 2 is 1.33 bits per heavy atom. The molecule has 15 heavy (non-hydrogen) atoms. The summed E-state index contributed by atoms with van der Waals surface area (Å²) < 4.78 is 0. The Morgan fingerprint density at radius 1 is 0.733 bits per heavy atom. The van der Waals surface area contributed by atoms with Gasteiger partial charge in [0, 0.05) is 24.8 Å². The van der Waals surface area contributed by atoms with Crippen molar-refractivity contribution in [2.24, 2.45) is 0 Å². The van der Waals surface area contributed by atoms with Crippen molar-refractivity contribution in [2.45, 2.75) is 0 Å². The van der Waals surface area contributed by atoms with Gasteiger partial charge in [-0.2, -0.15) is 0 Å². The average molecular weight is 197 g/mol. The number of fused-ring (bicyclic) bond motifs is 3. The van der Waals surface area contributed by atoms with Crippen molar-refractivity contribution in [3.63, 3.8) is 0 Å². The van der Waals surface area contributed by atoms with Gasteiger partial charge in [0.25, 0.3) is 0 Å². The molecule has 0 fully saturated rings. The number of hydrogen-bond acceptors (Lipinski definition) is 5. The molecule has 0 atom stereocenters. The van der Waals surface area contributed by atoms with Gasteiger partial charge in [0.2, 0.25) is 0 Å². The molecule has 3 rings (SSSR count). The monoisotopic (exact) mass is 197 g/mol. The van der Waals surface area contributed by atoms with Crippen LogP contribution < -0.4 is 5.73 Å². The van der Waals surface area contributed by atoms with Gasteiger partial charge in [-0.3, -0.25) is 19.9 Å². The molecule has 0 unspecified atom stereocenters. The van der Waals surface area contributed by atoms with Gasteiger partial charge in [-0.15, -0.1) is 0 Å². The van der Waals surface area contributed by atoms with E-state index in [4.69, 9.17) is 5.73 Å². The number of hydrogen-bond donors (Lipinski definition) is 1.